The molecule has 0 aromatic heterocycles. The molecule has 12 aliphatic carbocycles. The third-order valence-corrected chi connectivity index (χ3v) is 32.0. The van der Waals surface area contributed by atoms with Crippen molar-refractivity contribution in [2.75, 3.05) is 4.90 Å². The van der Waals surface area contributed by atoms with Gasteiger partial charge in [0, 0.05) is 44.6 Å². The van der Waals surface area contributed by atoms with Crippen LogP contribution in [0.2, 0.25) is 0 Å². The summed E-state index contributed by atoms with van der Waals surface area (Å²) in [6, 6.07) is 128. The molecule has 0 bridgehead atoms. The molecule has 0 radical (unpaired) electrons. The molecule has 0 saturated heterocycles. The molecule has 16 aromatic rings. The molecule has 10 atom stereocenters. The van der Waals surface area contributed by atoms with Crippen LogP contribution in [0.15, 0.2) is 436 Å². The van der Waals surface area contributed by atoms with Gasteiger partial charge in [-0.15, -0.1) is 0 Å². The van der Waals surface area contributed by atoms with Crippen molar-refractivity contribution in [3.8, 4) is 111 Å². The first-order valence-corrected chi connectivity index (χ1v) is 46.1. The largest absolute Gasteiger partial charge is 0.311 e. The van der Waals surface area contributed by atoms with Crippen molar-refractivity contribution in [2.24, 2.45) is 47.3 Å². The number of hydrogen-bond acceptors (Lipinski definition) is 1. The van der Waals surface area contributed by atoms with Gasteiger partial charge in [-0.2, -0.15) is 0 Å². The molecule has 1 nitrogen and oxygen atoms in total. The molecule has 0 N–H and O–H groups in total. The quantitative estimate of drug-likeness (QED) is 0.154. The number of rotatable bonds is 7. The second kappa shape index (κ2) is 27.9. The van der Waals surface area contributed by atoms with Crippen molar-refractivity contribution in [3.05, 3.63) is 492 Å². The molecule has 604 valence electrons. The van der Waals surface area contributed by atoms with Crippen molar-refractivity contribution < 1.29 is 0 Å². The predicted octanol–water partition coefficient (Wildman–Crippen LogP) is 31.7. The van der Waals surface area contributed by atoms with Crippen LogP contribution in [0.1, 0.15) is 90.3 Å². The van der Waals surface area contributed by atoms with E-state index in [1.807, 2.05) is 0 Å². The molecule has 2 fully saturated rings. The van der Waals surface area contributed by atoms with Gasteiger partial charge in [-0.3, -0.25) is 0 Å². The third-order valence-electron chi connectivity index (χ3n) is 32.0. The average Bonchev–Trinajstić information content (AvgIpc) is 1.50. The monoisotopic (exact) mass is 1620 g/mol. The maximum absolute atomic E-state index is 2.70. The van der Waals surface area contributed by atoms with Crippen LogP contribution in [0.4, 0.5) is 11.4 Å². The first-order chi connectivity index (χ1) is 62.4. The Kier molecular flexibility index (Phi) is 16.3. The Morgan fingerprint density at radius 2 is 0.630 bits per heavy atom. The summed E-state index contributed by atoms with van der Waals surface area (Å²) in [5.41, 5.74) is 46.3. The zero-order valence-corrected chi connectivity index (χ0v) is 72.2. The van der Waals surface area contributed by atoms with E-state index in [-0.39, 0.29) is 27.6 Å². The number of nitrogens with zero attached hydrogens (tertiary/aromatic N) is 1. The number of benzene rings is 16. The fourth-order valence-electron chi connectivity index (χ4n) is 26.7. The molecular formula is C126H95N. The Morgan fingerprint density at radius 1 is 0.252 bits per heavy atom. The molecule has 12 aliphatic rings. The number of hydrogen-bond donors (Lipinski definition) is 0. The smallest absolute Gasteiger partial charge is 0.0464 e. The molecule has 0 amide bonds. The molecule has 0 heterocycles. The molecular weight excluding hydrogens is 1530 g/mol. The number of allylic oxidation sites excluding steroid dienone is 15. The van der Waals surface area contributed by atoms with Crippen LogP contribution in [0.25, 0.3) is 133 Å². The molecule has 1 heteroatoms. The Hall–Kier alpha value is -14.2. The van der Waals surface area contributed by atoms with Gasteiger partial charge in [-0.25, -0.2) is 0 Å². The van der Waals surface area contributed by atoms with Crippen LogP contribution in [-0.2, 0) is 28.1 Å². The minimum Gasteiger partial charge on any atom is -0.311 e. The zero-order valence-electron chi connectivity index (χ0n) is 72.2. The SMILES string of the molecule is CC1(C)c2ccccc2-c2ccc(Cc3ccc(-c4ccccc4)cc3)cc21.CC1(C)c2ccccc2-c2ccc(N(C3=CC4C(C=C3)C3C=CC=CC3C43c4ccccc4-c4c3cc3c5c(cccc45)-c4ccccc4-3)c3ccc(-c4ccccc4)cc3)cc21.CC1=CC2C(C=C1)C1C=CC=CC1C21c2ccccc2-c2c1cc1c3c(cccc23)-c2ccccc2-1. The van der Waals surface area contributed by atoms with Crippen LogP contribution in [-0.4, -0.2) is 0 Å². The Morgan fingerprint density at radius 3 is 1.15 bits per heavy atom. The van der Waals surface area contributed by atoms with Gasteiger partial charge in [0.1, 0.15) is 0 Å². The molecule has 127 heavy (non-hydrogen) atoms. The van der Waals surface area contributed by atoms with Gasteiger partial charge < -0.3 is 4.90 Å². The van der Waals surface area contributed by atoms with Crippen molar-refractivity contribution >= 4 is 32.9 Å². The molecule has 0 aliphatic heterocycles. The summed E-state index contributed by atoms with van der Waals surface area (Å²) in [6.45, 7) is 11.7. The minimum atomic E-state index is -0.277. The number of fused-ring (bicyclic) bond motifs is 34. The lowest BCUT2D eigenvalue weighted by molar-refractivity contribution is 0.370. The molecule has 28 rings (SSSR count). The topological polar surface area (TPSA) is 3.24 Å². The van der Waals surface area contributed by atoms with Crippen molar-refractivity contribution in [3.63, 3.8) is 0 Å². The summed E-state index contributed by atoms with van der Waals surface area (Å²) in [5.74, 6) is 3.11. The zero-order chi connectivity index (χ0) is 84.3. The molecule has 10 unspecified atom stereocenters. The van der Waals surface area contributed by atoms with Crippen LogP contribution in [0.3, 0.4) is 0 Å². The summed E-state index contributed by atoms with van der Waals surface area (Å²) < 4.78 is 0. The van der Waals surface area contributed by atoms with E-state index in [0.717, 1.165) is 12.1 Å². The highest BCUT2D eigenvalue weighted by atomic mass is 15.1. The minimum absolute atomic E-state index is 0.0627. The van der Waals surface area contributed by atoms with Gasteiger partial charge in [-0.05, 0) is 286 Å². The van der Waals surface area contributed by atoms with Gasteiger partial charge in [0.15, 0.2) is 0 Å². The van der Waals surface area contributed by atoms with Crippen LogP contribution < -0.4 is 4.90 Å². The van der Waals surface area contributed by atoms with Gasteiger partial charge in [-0.1, -0.05) is 416 Å². The standard InChI is InChI=1S/C62H45N.C36H26.C28H24/c1-61(2)53-24-11-8-19-45(53)47-33-31-41(35-56(47)61)63(40-29-27-39(28-30-40)38-15-4-3-5-16-38)42-32-34-48-46-20-9-12-25-54(46)62(57(48)36-42)55-26-13-10-21-50(55)60-51-23-14-22-49-43-17-6-7-18-44(43)52(59(49)51)37-58(60)62;1-21-17-18-25-24-11-4-6-15-30(24)36(32(25)19-21)31-16-7-5-12-27(31)35-28-14-8-13-26-22-9-2-3-10-23(22)29(34(26)28)20-33(35)36;1-28(2)26-11-7-6-10-24(26)25-17-14-21(19-27(25)28)18-20-12-15-23(16-13-20)22-8-4-3-5-9-22/h3-37,46,48,54,57H,1-2H3;2-20,24-25,30,32H,1H3;3-17,19H,18H2,1-2H3. The van der Waals surface area contributed by atoms with E-state index in [2.05, 4.69) is 464 Å². The molecule has 2 spiro atoms. The van der Waals surface area contributed by atoms with E-state index in [1.54, 1.807) is 5.56 Å². The van der Waals surface area contributed by atoms with Gasteiger partial charge in [0.05, 0.1) is 0 Å². The second-order valence-electron chi connectivity index (χ2n) is 38.7. The third kappa shape index (κ3) is 10.5. The van der Waals surface area contributed by atoms with E-state index in [4.69, 9.17) is 0 Å². The van der Waals surface area contributed by atoms with Crippen molar-refractivity contribution in [1.29, 1.82) is 0 Å². The first kappa shape index (κ1) is 74.2. The Labute approximate surface area is 745 Å². The van der Waals surface area contributed by atoms with Gasteiger partial charge in [0.25, 0.3) is 0 Å². The lowest BCUT2D eigenvalue weighted by Crippen LogP contribution is -2.38. The lowest BCUT2D eigenvalue weighted by Gasteiger charge is -2.40. The molecule has 16 aromatic carbocycles. The first-order valence-electron chi connectivity index (χ1n) is 46.1. The normalized spacial score (nSPS) is 22.7. The summed E-state index contributed by atoms with van der Waals surface area (Å²) in [5, 5.41) is 5.64. The van der Waals surface area contributed by atoms with E-state index < -0.39 is 0 Å². The van der Waals surface area contributed by atoms with E-state index in [1.165, 1.54) is 200 Å². The summed E-state index contributed by atoms with van der Waals surface area (Å²) in [7, 11) is 0. The van der Waals surface area contributed by atoms with Crippen LogP contribution >= 0.6 is 0 Å². The predicted molar refractivity (Wildman–Crippen MR) is 531 cm³/mol. The highest BCUT2D eigenvalue weighted by Crippen LogP contribution is 2.73. The maximum Gasteiger partial charge on any atom is 0.0464 e. The van der Waals surface area contributed by atoms with E-state index in [0.29, 0.717) is 41.4 Å². The lowest BCUT2D eigenvalue weighted by atomic mass is 9.62. The highest BCUT2D eigenvalue weighted by Gasteiger charge is 2.65. The Balaban J connectivity index is 0.000000112. The fourth-order valence-corrected chi connectivity index (χ4v) is 26.7. The van der Waals surface area contributed by atoms with Crippen molar-refractivity contribution in [2.45, 2.75) is 62.7 Å². The number of anilines is 2. The maximum atomic E-state index is 2.70. The second-order valence-corrected chi connectivity index (χ2v) is 38.7. The van der Waals surface area contributed by atoms with Crippen LogP contribution in [0.5, 0.6) is 0 Å². The summed E-state index contributed by atoms with van der Waals surface area (Å²) in [6.07, 6.45) is 35.5. The van der Waals surface area contributed by atoms with Gasteiger partial charge in [0.2, 0.25) is 0 Å². The summed E-state index contributed by atoms with van der Waals surface area (Å²) >= 11 is 0. The highest BCUT2D eigenvalue weighted by molar-refractivity contribution is 6.22. The average molecular weight is 1620 g/mol. The summed E-state index contributed by atoms with van der Waals surface area (Å²) in [4.78, 5) is 2.55. The fraction of sp³-hybridized carbons (Fsp3) is 0.143. The van der Waals surface area contributed by atoms with Crippen molar-refractivity contribution in [1.82, 2.24) is 0 Å². The van der Waals surface area contributed by atoms with E-state index >= 15 is 0 Å². The van der Waals surface area contributed by atoms with E-state index in [9.17, 15) is 0 Å². The Bertz CT molecular complexity index is 7650. The molecule has 2 saturated carbocycles. The van der Waals surface area contributed by atoms with Gasteiger partial charge >= 0.3 is 0 Å². The van der Waals surface area contributed by atoms with Crippen LogP contribution in [0, 0.1) is 47.3 Å².